The van der Waals surface area contributed by atoms with Crippen molar-refractivity contribution in [3.8, 4) is 5.75 Å². The molecule has 18 heavy (non-hydrogen) atoms. The number of ether oxygens (including phenoxy) is 1. The first-order valence-electron chi connectivity index (χ1n) is 5.50. The van der Waals surface area contributed by atoms with Crippen molar-refractivity contribution in [1.82, 2.24) is 10.7 Å². The van der Waals surface area contributed by atoms with E-state index in [2.05, 4.69) is 21.2 Å². The highest BCUT2D eigenvalue weighted by Gasteiger charge is 2.16. The summed E-state index contributed by atoms with van der Waals surface area (Å²) in [5.74, 6) is 5.82. The van der Waals surface area contributed by atoms with Crippen LogP contribution in [-0.2, 0) is 6.54 Å². The highest BCUT2D eigenvalue weighted by Crippen LogP contribution is 2.35. The van der Waals surface area contributed by atoms with Gasteiger partial charge in [0.25, 0.3) is 0 Å². The fourth-order valence-corrected chi connectivity index (χ4v) is 2.39. The number of carbonyl (C=O) groups excluding carboxylic acids is 1. The zero-order valence-corrected chi connectivity index (χ0v) is 12.6. The van der Waals surface area contributed by atoms with Gasteiger partial charge in [0.2, 0.25) is 0 Å². The standard InChI is InChI=1S/C12H18BrN3O2/c1-6-7(2)11(18-4)9(8(3)10(6)13)5-15-12(17)16-14/h5,14H2,1-4H3,(H2,15,16,17). The lowest BCUT2D eigenvalue weighted by Gasteiger charge is -2.19. The lowest BCUT2D eigenvalue weighted by molar-refractivity contribution is 0.240. The molecule has 0 heterocycles. The van der Waals surface area contributed by atoms with E-state index < -0.39 is 6.03 Å². The molecule has 0 aliphatic heterocycles. The molecule has 0 saturated carbocycles. The van der Waals surface area contributed by atoms with Gasteiger partial charge in [-0.3, -0.25) is 5.43 Å². The fraction of sp³-hybridized carbons (Fsp3) is 0.417. The number of hydrazine groups is 1. The molecular weight excluding hydrogens is 298 g/mol. The second-order valence-corrected chi connectivity index (χ2v) is 4.82. The van der Waals surface area contributed by atoms with Gasteiger partial charge in [0.15, 0.2) is 0 Å². The minimum absolute atomic E-state index is 0.359. The smallest absolute Gasteiger partial charge is 0.329 e. The molecule has 0 bridgehead atoms. The molecular formula is C12H18BrN3O2. The van der Waals surface area contributed by atoms with Crippen LogP contribution >= 0.6 is 15.9 Å². The monoisotopic (exact) mass is 315 g/mol. The Morgan fingerprint density at radius 1 is 1.28 bits per heavy atom. The van der Waals surface area contributed by atoms with Crippen molar-refractivity contribution in [3.05, 3.63) is 26.7 Å². The third-order valence-corrected chi connectivity index (χ3v) is 4.24. The van der Waals surface area contributed by atoms with Crippen molar-refractivity contribution in [2.45, 2.75) is 27.3 Å². The molecule has 1 aromatic rings. The highest BCUT2D eigenvalue weighted by atomic mass is 79.9. The van der Waals surface area contributed by atoms with Crippen molar-refractivity contribution in [3.63, 3.8) is 0 Å². The van der Waals surface area contributed by atoms with Crippen molar-refractivity contribution in [2.24, 2.45) is 5.84 Å². The van der Waals surface area contributed by atoms with Gasteiger partial charge >= 0.3 is 6.03 Å². The van der Waals surface area contributed by atoms with Crippen LogP contribution < -0.4 is 21.3 Å². The summed E-state index contributed by atoms with van der Waals surface area (Å²) < 4.78 is 6.47. The van der Waals surface area contributed by atoms with E-state index in [-0.39, 0.29) is 0 Å². The van der Waals surface area contributed by atoms with Crippen LogP contribution in [0.5, 0.6) is 5.75 Å². The number of nitrogens with one attached hydrogen (secondary N) is 2. The number of methoxy groups -OCH3 is 1. The average molecular weight is 316 g/mol. The van der Waals surface area contributed by atoms with E-state index in [4.69, 9.17) is 10.6 Å². The van der Waals surface area contributed by atoms with Gasteiger partial charge < -0.3 is 10.1 Å². The summed E-state index contributed by atoms with van der Waals surface area (Å²) >= 11 is 3.56. The van der Waals surface area contributed by atoms with Crippen LogP contribution in [0.25, 0.3) is 0 Å². The van der Waals surface area contributed by atoms with Crippen LogP contribution in [0.2, 0.25) is 0 Å². The molecule has 0 spiro atoms. The summed E-state index contributed by atoms with van der Waals surface area (Å²) in [6.45, 7) is 6.36. The number of amides is 2. The van der Waals surface area contributed by atoms with Crippen LogP contribution in [0, 0.1) is 20.8 Å². The molecule has 1 rings (SSSR count). The Morgan fingerprint density at radius 3 is 2.39 bits per heavy atom. The van der Waals surface area contributed by atoms with Crippen LogP contribution in [0.3, 0.4) is 0 Å². The van der Waals surface area contributed by atoms with E-state index in [9.17, 15) is 4.79 Å². The molecule has 1 aromatic carbocycles. The quantitative estimate of drug-likeness (QED) is 0.454. The number of hydrogen-bond acceptors (Lipinski definition) is 3. The first kappa shape index (κ1) is 14.8. The molecule has 0 saturated heterocycles. The maximum atomic E-state index is 11.1. The fourth-order valence-electron chi connectivity index (χ4n) is 1.85. The lowest BCUT2D eigenvalue weighted by atomic mass is 9.99. The van der Waals surface area contributed by atoms with E-state index >= 15 is 0 Å². The Hall–Kier alpha value is -1.27. The molecule has 6 heteroatoms. The van der Waals surface area contributed by atoms with Gasteiger partial charge in [-0.1, -0.05) is 15.9 Å². The van der Waals surface area contributed by atoms with Gasteiger partial charge in [-0.2, -0.15) is 0 Å². The van der Waals surface area contributed by atoms with Gasteiger partial charge in [-0.05, 0) is 37.5 Å². The molecule has 0 atom stereocenters. The minimum atomic E-state index is -0.425. The second-order valence-electron chi connectivity index (χ2n) is 4.03. The molecule has 0 unspecified atom stereocenters. The number of carbonyl (C=O) groups is 1. The van der Waals surface area contributed by atoms with Crippen LogP contribution in [0.15, 0.2) is 4.47 Å². The van der Waals surface area contributed by atoms with Gasteiger partial charge in [-0.15, -0.1) is 0 Å². The second kappa shape index (κ2) is 6.06. The van der Waals surface area contributed by atoms with Crippen molar-refractivity contribution < 1.29 is 9.53 Å². The van der Waals surface area contributed by atoms with Gasteiger partial charge in [-0.25, -0.2) is 10.6 Å². The average Bonchev–Trinajstić information content (AvgIpc) is 2.38. The predicted molar refractivity (Wildman–Crippen MR) is 74.5 cm³/mol. The zero-order valence-electron chi connectivity index (χ0n) is 11.0. The van der Waals surface area contributed by atoms with E-state index in [0.717, 1.165) is 32.5 Å². The molecule has 0 aliphatic rings. The molecule has 0 aromatic heterocycles. The number of nitrogens with two attached hydrogens (primary N) is 1. The molecule has 100 valence electrons. The Bertz CT molecular complexity index is 475. The van der Waals surface area contributed by atoms with Gasteiger partial charge in [0, 0.05) is 16.6 Å². The van der Waals surface area contributed by atoms with Crippen LogP contribution in [0.4, 0.5) is 4.79 Å². The van der Waals surface area contributed by atoms with Gasteiger partial charge in [0.05, 0.1) is 7.11 Å². The van der Waals surface area contributed by atoms with E-state index in [1.807, 2.05) is 26.2 Å². The number of halogens is 1. The number of rotatable bonds is 3. The Balaban J connectivity index is 3.20. The molecule has 0 fully saturated rings. The van der Waals surface area contributed by atoms with Crippen LogP contribution in [-0.4, -0.2) is 13.1 Å². The van der Waals surface area contributed by atoms with E-state index in [1.165, 1.54) is 0 Å². The molecule has 2 amide bonds. The first-order valence-corrected chi connectivity index (χ1v) is 6.29. The summed E-state index contributed by atoms with van der Waals surface area (Å²) in [7, 11) is 1.63. The third-order valence-electron chi connectivity index (χ3n) is 3.05. The van der Waals surface area contributed by atoms with Gasteiger partial charge in [0.1, 0.15) is 5.75 Å². The molecule has 0 radical (unpaired) electrons. The first-order chi connectivity index (χ1) is 8.43. The number of hydrogen-bond donors (Lipinski definition) is 3. The largest absolute Gasteiger partial charge is 0.496 e. The molecule has 5 nitrogen and oxygen atoms in total. The summed E-state index contributed by atoms with van der Waals surface area (Å²) in [6, 6.07) is -0.425. The predicted octanol–water partition coefficient (Wildman–Crippen LogP) is 2.06. The normalized spacial score (nSPS) is 10.1. The number of urea groups is 1. The van der Waals surface area contributed by atoms with Crippen LogP contribution in [0.1, 0.15) is 22.3 Å². The van der Waals surface area contributed by atoms with E-state index in [1.54, 1.807) is 7.11 Å². The third kappa shape index (κ3) is 2.76. The van der Waals surface area contributed by atoms with Crippen molar-refractivity contribution in [2.75, 3.05) is 7.11 Å². The maximum Gasteiger partial charge on any atom is 0.329 e. The summed E-state index contributed by atoms with van der Waals surface area (Å²) in [4.78, 5) is 11.1. The summed E-state index contributed by atoms with van der Waals surface area (Å²) in [5.41, 5.74) is 6.21. The topological polar surface area (TPSA) is 76.4 Å². The minimum Gasteiger partial charge on any atom is -0.496 e. The highest BCUT2D eigenvalue weighted by molar-refractivity contribution is 9.10. The van der Waals surface area contributed by atoms with E-state index in [0.29, 0.717) is 6.54 Å². The lowest BCUT2D eigenvalue weighted by Crippen LogP contribution is -2.39. The molecule has 0 aliphatic carbocycles. The Morgan fingerprint density at radius 2 is 1.89 bits per heavy atom. The summed E-state index contributed by atoms with van der Waals surface area (Å²) in [6.07, 6.45) is 0. The molecule has 4 N–H and O–H groups in total. The van der Waals surface area contributed by atoms with Crippen molar-refractivity contribution in [1.29, 1.82) is 0 Å². The Kier molecular flexibility index (Phi) is 4.98. The maximum absolute atomic E-state index is 11.1. The van der Waals surface area contributed by atoms with Crippen molar-refractivity contribution >= 4 is 22.0 Å². The Labute approximate surface area is 115 Å². The summed E-state index contributed by atoms with van der Waals surface area (Å²) in [5, 5.41) is 2.66. The zero-order chi connectivity index (χ0) is 13.9. The number of benzene rings is 1. The SMILES string of the molecule is COc1c(C)c(C)c(Br)c(C)c1CNC(=O)NN.